The lowest BCUT2D eigenvalue weighted by Gasteiger charge is -2.12. The number of hydrogen-bond acceptors (Lipinski definition) is 5. The molecule has 7 nitrogen and oxygen atoms in total. The van der Waals surface area contributed by atoms with Crippen LogP contribution in [0.1, 0.15) is 50.1 Å². The molecule has 2 aromatic rings. The number of carbonyl (C=O) groups excluding carboxylic acids is 1. The SMILES string of the molecule is CC[C@H](C)NS(=O)(=O)c1ccc(/C=C\c2onc(C)c2NC(=O)C2CC2)cc1. The predicted octanol–water partition coefficient (Wildman–Crippen LogP) is 3.58. The highest BCUT2D eigenvalue weighted by Gasteiger charge is 2.30. The topological polar surface area (TPSA) is 101 Å². The number of aromatic nitrogens is 1. The third-order valence-corrected chi connectivity index (χ3v) is 6.28. The highest BCUT2D eigenvalue weighted by atomic mass is 32.2. The number of carbonyl (C=O) groups is 1. The van der Waals surface area contributed by atoms with Gasteiger partial charge in [0.1, 0.15) is 11.4 Å². The van der Waals surface area contributed by atoms with Crippen molar-refractivity contribution >= 4 is 33.8 Å². The molecule has 0 saturated heterocycles. The average molecular weight is 404 g/mol. The van der Waals surface area contributed by atoms with Gasteiger partial charge in [0.25, 0.3) is 0 Å². The van der Waals surface area contributed by atoms with Gasteiger partial charge in [-0.05, 0) is 56.9 Å². The van der Waals surface area contributed by atoms with Crippen molar-refractivity contribution in [2.75, 3.05) is 5.32 Å². The van der Waals surface area contributed by atoms with Crippen LogP contribution in [-0.4, -0.2) is 25.5 Å². The summed E-state index contributed by atoms with van der Waals surface area (Å²) in [6.45, 7) is 5.52. The highest BCUT2D eigenvalue weighted by molar-refractivity contribution is 7.89. The zero-order valence-electron chi connectivity index (χ0n) is 16.2. The van der Waals surface area contributed by atoms with Gasteiger partial charge in [0.15, 0.2) is 5.76 Å². The summed E-state index contributed by atoms with van der Waals surface area (Å²) in [5, 5.41) is 6.79. The second-order valence-corrected chi connectivity index (χ2v) is 8.82. The molecule has 2 N–H and O–H groups in total. The monoisotopic (exact) mass is 403 g/mol. The Balaban J connectivity index is 1.72. The zero-order valence-corrected chi connectivity index (χ0v) is 17.0. The van der Waals surface area contributed by atoms with Crippen molar-refractivity contribution in [1.82, 2.24) is 9.88 Å². The molecule has 150 valence electrons. The van der Waals surface area contributed by atoms with Gasteiger partial charge in [-0.15, -0.1) is 0 Å². The molecule has 0 aliphatic heterocycles. The zero-order chi connectivity index (χ0) is 20.3. The van der Waals surface area contributed by atoms with Crippen LogP contribution in [0.15, 0.2) is 33.7 Å². The molecule has 0 bridgehead atoms. The third-order valence-electron chi connectivity index (χ3n) is 4.67. The van der Waals surface area contributed by atoms with Gasteiger partial charge in [-0.3, -0.25) is 4.79 Å². The van der Waals surface area contributed by atoms with Crippen molar-refractivity contribution in [2.45, 2.75) is 51.0 Å². The fourth-order valence-electron chi connectivity index (χ4n) is 2.57. The summed E-state index contributed by atoms with van der Waals surface area (Å²) in [4.78, 5) is 12.2. The van der Waals surface area contributed by atoms with E-state index < -0.39 is 10.0 Å². The lowest BCUT2D eigenvalue weighted by molar-refractivity contribution is -0.117. The van der Waals surface area contributed by atoms with Crippen LogP contribution in [0.3, 0.4) is 0 Å². The number of amides is 1. The molecule has 1 amide bonds. The summed E-state index contributed by atoms with van der Waals surface area (Å²) in [5.41, 5.74) is 1.99. The van der Waals surface area contributed by atoms with E-state index in [1.54, 1.807) is 43.3 Å². The first kappa shape index (κ1) is 20.3. The first-order valence-corrected chi connectivity index (χ1v) is 10.9. The number of anilines is 1. The van der Waals surface area contributed by atoms with Gasteiger partial charge < -0.3 is 9.84 Å². The van der Waals surface area contributed by atoms with Crippen molar-refractivity contribution < 1.29 is 17.7 Å². The summed E-state index contributed by atoms with van der Waals surface area (Å²) >= 11 is 0. The third kappa shape index (κ3) is 4.88. The Morgan fingerprint density at radius 2 is 1.96 bits per heavy atom. The minimum absolute atomic E-state index is 0.00989. The summed E-state index contributed by atoms with van der Waals surface area (Å²) in [7, 11) is -3.52. The number of nitrogens with zero attached hydrogens (tertiary/aromatic N) is 1. The molecule has 3 rings (SSSR count). The van der Waals surface area contributed by atoms with Crippen LogP contribution in [0.2, 0.25) is 0 Å². The summed E-state index contributed by atoms with van der Waals surface area (Å²) in [6, 6.07) is 6.43. The first-order chi connectivity index (χ1) is 13.3. The van der Waals surface area contributed by atoms with Gasteiger partial charge in [-0.1, -0.05) is 30.3 Å². The number of rotatable bonds is 8. The molecule has 1 atom stereocenters. The number of aryl methyl sites for hydroxylation is 1. The van der Waals surface area contributed by atoms with Crippen LogP contribution >= 0.6 is 0 Å². The van der Waals surface area contributed by atoms with Crippen LogP contribution in [0.25, 0.3) is 12.2 Å². The normalized spacial score (nSPS) is 15.7. The molecule has 0 radical (unpaired) electrons. The molecular formula is C20H25N3O4S. The largest absolute Gasteiger partial charge is 0.354 e. The van der Waals surface area contributed by atoms with Gasteiger partial charge in [-0.25, -0.2) is 13.1 Å². The van der Waals surface area contributed by atoms with Crippen molar-refractivity contribution in [3.8, 4) is 0 Å². The molecule has 0 spiro atoms. The van der Waals surface area contributed by atoms with Crippen molar-refractivity contribution in [3.63, 3.8) is 0 Å². The van der Waals surface area contributed by atoms with Gasteiger partial charge in [0.2, 0.25) is 15.9 Å². The van der Waals surface area contributed by atoms with Crippen LogP contribution in [0.4, 0.5) is 5.69 Å². The number of nitrogens with one attached hydrogen (secondary N) is 2. The smallest absolute Gasteiger partial charge is 0.240 e. The standard InChI is InChI=1S/C20H25N3O4S/c1-4-13(2)23-28(25,26)17-10-5-15(6-11-17)7-12-18-19(14(3)22-27-18)21-20(24)16-8-9-16/h5-7,10-13,16,23H,4,8-9H2,1-3H3,(H,21,24)/b12-7-/t13-/m0/s1. The lowest BCUT2D eigenvalue weighted by atomic mass is 10.2. The molecule has 1 aliphatic rings. The van der Waals surface area contributed by atoms with Crippen molar-refractivity contribution in [1.29, 1.82) is 0 Å². The van der Waals surface area contributed by atoms with E-state index in [9.17, 15) is 13.2 Å². The van der Waals surface area contributed by atoms with Crippen LogP contribution in [0, 0.1) is 12.8 Å². The Labute approximate surface area is 165 Å². The second-order valence-electron chi connectivity index (χ2n) is 7.10. The van der Waals surface area contributed by atoms with Gasteiger partial charge >= 0.3 is 0 Å². The van der Waals surface area contributed by atoms with E-state index >= 15 is 0 Å². The van der Waals surface area contributed by atoms with E-state index in [-0.39, 0.29) is 22.8 Å². The van der Waals surface area contributed by atoms with E-state index in [0.29, 0.717) is 17.1 Å². The molecule has 1 saturated carbocycles. The Kier molecular flexibility index (Phi) is 6.00. The molecule has 28 heavy (non-hydrogen) atoms. The summed E-state index contributed by atoms with van der Waals surface area (Å²) < 4.78 is 32.5. The number of sulfonamides is 1. The quantitative estimate of drug-likeness (QED) is 0.701. The summed E-state index contributed by atoms with van der Waals surface area (Å²) in [5.74, 6) is 0.538. The van der Waals surface area contributed by atoms with E-state index in [0.717, 1.165) is 24.8 Å². The Hall–Kier alpha value is -2.45. The van der Waals surface area contributed by atoms with Crippen LogP contribution < -0.4 is 10.0 Å². The van der Waals surface area contributed by atoms with Gasteiger partial charge in [0.05, 0.1) is 4.90 Å². The summed E-state index contributed by atoms with van der Waals surface area (Å²) in [6.07, 6.45) is 6.05. The fraction of sp³-hybridized carbons (Fsp3) is 0.400. The van der Waals surface area contributed by atoms with E-state index in [2.05, 4.69) is 15.2 Å². The highest BCUT2D eigenvalue weighted by Crippen LogP contribution is 2.32. The second kappa shape index (κ2) is 8.28. The maximum atomic E-state index is 12.3. The lowest BCUT2D eigenvalue weighted by Crippen LogP contribution is -2.31. The Morgan fingerprint density at radius 3 is 2.57 bits per heavy atom. The maximum absolute atomic E-state index is 12.3. The predicted molar refractivity (Wildman–Crippen MR) is 108 cm³/mol. The Morgan fingerprint density at radius 1 is 1.29 bits per heavy atom. The van der Waals surface area contributed by atoms with Crippen molar-refractivity contribution in [2.24, 2.45) is 5.92 Å². The molecule has 1 aromatic carbocycles. The molecule has 0 unspecified atom stereocenters. The van der Waals surface area contributed by atoms with E-state index in [4.69, 9.17) is 4.52 Å². The van der Waals surface area contributed by atoms with E-state index in [1.165, 1.54) is 0 Å². The van der Waals surface area contributed by atoms with Gasteiger partial charge in [-0.2, -0.15) is 0 Å². The molecule has 8 heteroatoms. The number of benzene rings is 1. The minimum Gasteiger partial charge on any atom is -0.354 e. The maximum Gasteiger partial charge on any atom is 0.240 e. The molecule has 1 fully saturated rings. The van der Waals surface area contributed by atoms with Crippen molar-refractivity contribution in [3.05, 3.63) is 41.3 Å². The number of hydrogen-bond donors (Lipinski definition) is 2. The van der Waals surface area contributed by atoms with E-state index in [1.807, 2.05) is 13.8 Å². The molecule has 1 aliphatic carbocycles. The van der Waals surface area contributed by atoms with Gasteiger partial charge in [0, 0.05) is 12.0 Å². The molecule has 1 aromatic heterocycles. The van der Waals surface area contributed by atoms with Crippen LogP contribution in [0.5, 0.6) is 0 Å². The first-order valence-electron chi connectivity index (χ1n) is 9.37. The fourth-order valence-corrected chi connectivity index (χ4v) is 3.90. The van der Waals surface area contributed by atoms with Crippen LogP contribution in [-0.2, 0) is 14.8 Å². The molecular weight excluding hydrogens is 378 g/mol. The Bertz CT molecular complexity index is 973. The minimum atomic E-state index is -3.52. The average Bonchev–Trinajstić information content (AvgIpc) is 3.46. The molecule has 1 heterocycles.